The third-order valence-corrected chi connectivity index (χ3v) is 9.21. The summed E-state index contributed by atoms with van der Waals surface area (Å²) in [4.78, 5) is 29.6. The molecule has 1 atom stereocenters. The number of benzene rings is 3. The molecule has 1 aliphatic carbocycles. The summed E-state index contributed by atoms with van der Waals surface area (Å²) in [6.07, 6.45) is 6.16. The van der Waals surface area contributed by atoms with Gasteiger partial charge in [0.15, 0.2) is 0 Å². The van der Waals surface area contributed by atoms with Crippen LogP contribution in [0.25, 0.3) is 0 Å². The Morgan fingerprint density at radius 3 is 2.26 bits per heavy atom. The van der Waals surface area contributed by atoms with Crippen LogP contribution in [0.1, 0.15) is 48.8 Å². The highest BCUT2D eigenvalue weighted by atomic mass is 35.5. The minimum absolute atomic E-state index is 0.00826. The Hall–Kier alpha value is -3.43. The summed E-state index contributed by atoms with van der Waals surface area (Å²) in [5.74, 6) is -1.29. The van der Waals surface area contributed by atoms with Crippen molar-refractivity contribution in [3.05, 3.63) is 100 Å². The molecule has 224 valence electrons. The van der Waals surface area contributed by atoms with Gasteiger partial charge in [0.25, 0.3) is 0 Å². The Morgan fingerprint density at radius 1 is 0.952 bits per heavy atom. The molecular formula is C32H37ClFN3O4S. The summed E-state index contributed by atoms with van der Waals surface area (Å²) in [6.45, 7) is 1.14. The van der Waals surface area contributed by atoms with Crippen LogP contribution in [-0.4, -0.2) is 50.0 Å². The van der Waals surface area contributed by atoms with Gasteiger partial charge in [0.1, 0.15) is 18.4 Å². The fraction of sp³-hybridized carbons (Fsp3) is 0.375. The zero-order chi connectivity index (χ0) is 30.3. The normalized spacial score (nSPS) is 14.7. The summed E-state index contributed by atoms with van der Waals surface area (Å²) in [7, 11) is -3.91. The highest BCUT2D eigenvalue weighted by molar-refractivity contribution is 7.92. The van der Waals surface area contributed by atoms with Gasteiger partial charge in [0.05, 0.1) is 11.9 Å². The van der Waals surface area contributed by atoms with Crippen LogP contribution in [0.5, 0.6) is 0 Å². The summed E-state index contributed by atoms with van der Waals surface area (Å²) in [5, 5.41) is 3.53. The van der Waals surface area contributed by atoms with E-state index in [2.05, 4.69) is 5.32 Å². The van der Waals surface area contributed by atoms with Crippen LogP contribution in [-0.2, 0) is 32.6 Å². The molecule has 0 bridgehead atoms. The third kappa shape index (κ3) is 8.32. The Balaban J connectivity index is 1.73. The number of rotatable bonds is 11. The molecule has 0 saturated heterocycles. The molecule has 3 aromatic carbocycles. The number of nitrogens with zero attached hydrogens (tertiary/aromatic N) is 2. The highest BCUT2D eigenvalue weighted by Gasteiger charge is 2.34. The van der Waals surface area contributed by atoms with Crippen LogP contribution in [0.15, 0.2) is 72.8 Å². The van der Waals surface area contributed by atoms with Gasteiger partial charge in [-0.2, -0.15) is 0 Å². The number of carbonyl (C=O) groups excluding carboxylic acids is 2. The maximum atomic E-state index is 14.2. The first-order valence-electron chi connectivity index (χ1n) is 14.1. The summed E-state index contributed by atoms with van der Waals surface area (Å²) in [6, 6.07) is 19.0. The predicted molar refractivity (Wildman–Crippen MR) is 164 cm³/mol. The van der Waals surface area contributed by atoms with Crippen molar-refractivity contribution >= 4 is 39.1 Å². The monoisotopic (exact) mass is 613 g/mol. The SMILES string of the molecule is Cc1c(Cl)cccc1N(CC(=O)N(Cc1ccc(F)cc1)[C@@H](Cc1ccccc1)C(=O)NC1CCCCC1)S(C)(=O)=O. The molecule has 7 nitrogen and oxygen atoms in total. The molecule has 0 unspecified atom stereocenters. The Kier molecular flexibility index (Phi) is 10.6. The average molecular weight is 614 g/mol. The van der Waals surface area contributed by atoms with Crippen molar-refractivity contribution in [2.75, 3.05) is 17.1 Å². The quantitative estimate of drug-likeness (QED) is 0.303. The van der Waals surface area contributed by atoms with Crippen LogP contribution in [0.3, 0.4) is 0 Å². The van der Waals surface area contributed by atoms with Crippen molar-refractivity contribution < 1.29 is 22.4 Å². The van der Waals surface area contributed by atoms with Gasteiger partial charge in [-0.05, 0) is 60.7 Å². The largest absolute Gasteiger partial charge is 0.352 e. The molecule has 1 saturated carbocycles. The van der Waals surface area contributed by atoms with E-state index >= 15 is 0 Å². The van der Waals surface area contributed by atoms with E-state index in [-0.39, 0.29) is 30.6 Å². The number of anilines is 1. The van der Waals surface area contributed by atoms with Crippen molar-refractivity contribution in [3.63, 3.8) is 0 Å². The highest BCUT2D eigenvalue weighted by Crippen LogP contribution is 2.29. The standard InChI is InChI=1S/C32H37ClFN3O4S/c1-23-28(33)14-9-15-29(23)37(42(2,40)41)22-31(38)36(21-25-16-18-26(34)19-17-25)30(20-24-10-5-3-6-11-24)32(39)35-27-12-7-4-8-13-27/h3,5-6,9-11,14-19,27,30H,4,7-8,12-13,20-22H2,1-2H3,(H,35,39)/t30-/m0/s1. The van der Waals surface area contributed by atoms with Gasteiger partial charge in [-0.25, -0.2) is 12.8 Å². The molecule has 2 amide bonds. The first kappa shape index (κ1) is 31.5. The predicted octanol–water partition coefficient (Wildman–Crippen LogP) is 5.64. The molecule has 0 heterocycles. The van der Waals surface area contributed by atoms with Crippen LogP contribution in [0.2, 0.25) is 5.02 Å². The first-order chi connectivity index (χ1) is 20.0. The smallest absolute Gasteiger partial charge is 0.244 e. The van der Waals surface area contributed by atoms with Crippen molar-refractivity contribution in [2.45, 2.75) is 64.1 Å². The molecule has 0 aliphatic heterocycles. The molecule has 1 N–H and O–H groups in total. The second-order valence-corrected chi connectivity index (χ2v) is 13.2. The van der Waals surface area contributed by atoms with Gasteiger partial charge in [-0.1, -0.05) is 79.4 Å². The van der Waals surface area contributed by atoms with E-state index in [9.17, 15) is 22.4 Å². The molecule has 0 aromatic heterocycles. The van der Waals surface area contributed by atoms with E-state index in [4.69, 9.17) is 11.6 Å². The third-order valence-electron chi connectivity index (χ3n) is 7.68. The van der Waals surface area contributed by atoms with Crippen LogP contribution in [0.4, 0.5) is 10.1 Å². The molecule has 1 fully saturated rings. The molecule has 4 rings (SSSR count). The molecule has 3 aromatic rings. The lowest BCUT2D eigenvalue weighted by molar-refractivity contribution is -0.140. The number of hydrogen-bond acceptors (Lipinski definition) is 4. The maximum Gasteiger partial charge on any atom is 0.244 e. The minimum Gasteiger partial charge on any atom is -0.352 e. The number of sulfonamides is 1. The van der Waals surface area contributed by atoms with Crippen molar-refractivity contribution in [1.29, 1.82) is 0 Å². The zero-order valence-corrected chi connectivity index (χ0v) is 25.5. The number of halogens is 2. The average Bonchev–Trinajstić information content (AvgIpc) is 2.96. The molecule has 0 spiro atoms. The Labute approximate surface area is 252 Å². The fourth-order valence-corrected chi connectivity index (χ4v) is 6.42. The van der Waals surface area contributed by atoms with E-state index < -0.39 is 34.3 Å². The van der Waals surface area contributed by atoms with E-state index in [0.29, 0.717) is 16.1 Å². The zero-order valence-electron chi connectivity index (χ0n) is 23.9. The van der Waals surface area contributed by atoms with Crippen LogP contribution >= 0.6 is 11.6 Å². The van der Waals surface area contributed by atoms with E-state index in [1.165, 1.54) is 17.0 Å². The summed E-state index contributed by atoms with van der Waals surface area (Å²) in [5.41, 5.74) is 2.26. The van der Waals surface area contributed by atoms with Crippen LogP contribution < -0.4 is 9.62 Å². The lowest BCUT2D eigenvalue weighted by Crippen LogP contribution is -2.55. The van der Waals surface area contributed by atoms with Crippen molar-refractivity contribution in [1.82, 2.24) is 10.2 Å². The van der Waals surface area contributed by atoms with E-state index in [1.54, 1.807) is 37.3 Å². The topological polar surface area (TPSA) is 86.8 Å². The number of carbonyl (C=O) groups is 2. The summed E-state index contributed by atoms with van der Waals surface area (Å²) < 4.78 is 40.8. The molecule has 0 radical (unpaired) electrons. The summed E-state index contributed by atoms with van der Waals surface area (Å²) >= 11 is 6.30. The van der Waals surface area contributed by atoms with Gasteiger partial charge in [-0.15, -0.1) is 0 Å². The lowest BCUT2D eigenvalue weighted by atomic mass is 9.94. The van der Waals surface area contributed by atoms with Gasteiger partial charge < -0.3 is 10.2 Å². The number of nitrogens with one attached hydrogen (secondary N) is 1. The number of amides is 2. The number of hydrogen-bond donors (Lipinski definition) is 1. The van der Waals surface area contributed by atoms with Gasteiger partial charge in [-0.3, -0.25) is 13.9 Å². The van der Waals surface area contributed by atoms with E-state index in [0.717, 1.165) is 48.2 Å². The van der Waals surface area contributed by atoms with Gasteiger partial charge in [0, 0.05) is 24.0 Å². The second kappa shape index (κ2) is 14.2. The molecule has 42 heavy (non-hydrogen) atoms. The fourth-order valence-electron chi connectivity index (χ4n) is 5.35. The molecule has 10 heteroatoms. The van der Waals surface area contributed by atoms with Crippen LogP contribution in [0, 0.1) is 12.7 Å². The molecule has 1 aliphatic rings. The van der Waals surface area contributed by atoms with Gasteiger partial charge in [0.2, 0.25) is 21.8 Å². The van der Waals surface area contributed by atoms with Gasteiger partial charge >= 0.3 is 0 Å². The first-order valence-corrected chi connectivity index (χ1v) is 16.4. The Morgan fingerprint density at radius 2 is 1.62 bits per heavy atom. The lowest BCUT2D eigenvalue weighted by Gasteiger charge is -2.35. The minimum atomic E-state index is -3.91. The second-order valence-electron chi connectivity index (χ2n) is 10.9. The maximum absolute atomic E-state index is 14.2. The molecular weight excluding hydrogens is 577 g/mol. The van der Waals surface area contributed by atoms with Crippen molar-refractivity contribution in [3.8, 4) is 0 Å². The van der Waals surface area contributed by atoms with E-state index in [1.807, 2.05) is 30.3 Å². The Bertz CT molecular complexity index is 1480. The van der Waals surface area contributed by atoms with Crippen molar-refractivity contribution in [2.24, 2.45) is 0 Å².